The number of methoxy groups -OCH3 is 1. The molecule has 0 N–H and O–H groups in total. The van der Waals surface area contributed by atoms with Crippen molar-refractivity contribution in [3.8, 4) is 0 Å². The maximum Gasteiger partial charge on any atom is 0.322 e. The van der Waals surface area contributed by atoms with Crippen LogP contribution in [-0.2, 0) is 20.9 Å². The summed E-state index contributed by atoms with van der Waals surface area (Å²) in [6.45, 7) is -0.299. The smallest absolute Gasteiger partial charge is 0.322 e. The molecule has 1 aliphatic rings. The number of amides is 2. The van der Waals surface area contributed by atoms with Gasteiger partial charge in [-0.25, -0.2) is 4.39 Å². The first kappa shape index (κ1) is 18.5. The summed E-state index contributed by atoms with van der Waals surface area (Å²) in [6, 6.07) is 8.62. The van der Waals surface area contributed by atoms with Crippen LogP contribution in [0.15, 0.2) is 40.9 Å². The van der Waals surface area contributed by atoms with Gasteiger partial charge in [-0.1, -0.05) is 33.6 Å². The summed E-state index contributed by atoms with van der Waals surface area (Å²) < 4.78 is 19.4. The number of carbonyl (C=O) groups excluding carboxylic acids is 3. The fourth-order valence-electron chi connectivity index (χ4n) is 2.82. The lowest BCUT2D eigenvalue weighted by molar-refractivity contribution is -0.149. The van der Waals surface area contributed by atoms with Crippen molar-refractivity contribution in [1.29, 1.82) is 0 Å². The second-order valence-electron chi connectivity index (χ2n) is 5.65. The maximum atomic E-state index is 14.1. The van der Waals surface area contributed by atoms with Gasteiger partial charge in [-0.15, -0.1) is 0 Å². The number of rotatable bonds is 3. The number of halogens is 3. The molecule has 134 valence electrons. The minimum absolute atomic E-state index is 0.149. The topological polar surface area (TPSA) is 63.7 Å². The molecule has 1 heterocycles. The average molecular weight is 441 g/mol. The van der Waals surface area contributed by atoms with Crippen LogP contribution >= 0.6 is 27.5 Å². The lowest BCUT2D eigenvalue weighted by atomic mass is 9.88. The third-order valence-electron chi connectivity index (χ3n) is 4.09. The molecule has 0 bridgehead atoms. The molecule has 1 aliphatic heterocycles. The summed E-state index contributed by atoms with van der Waals surface area (Å²) >= 11 is 9.09. The van der Waals surface area contributed by atoms with Crippen molar-refractivity contribution < 1.29 is 23.5 Å². The molecule has 8 heteroatoms. The highest BCUT2D eigenvalue weighted by Crippen LogP contribution is 2.33. The molecule has 0 fully saturated rings. The van der Waals surface area contributed by atoms with Crippen molar-refractivity contribution in [3.63, 3.8) is 0 Å². The van der Waals surface area contributed by atoms with Crippen molar-refractivity contribution >= 4 is 45.3 Å². The van der Waals surface area contributed by atoms with E-state index in [1.807, 2.05) is 0 Å². The van der Waals surface area contributed by atoms with E-state index in [9.17, 15) is 18.8 Å². The van der Waals surface area contributed by atoms with Crippen LogP contribution in [-0.4, -0.2) is 29.8 Å². The minimum Gasteiger partial charge on any atom is -0.468 e. The third kappa shape index (κ3) is 3.24. The van der Waals surface area contributed by atoms with Gasteiger partial charge in [0.15, 0.2) is 5.92 Å². The molecule has 0 saturated carbocycles. The zero-order valence-electron chi connectivity index (χ0n) is 13.5. The first-order chi connectivity index (χ1) is 12.3. The predicted octanol–water partition coefficient (Wildman–Crippen LogP) is 3.68. The molecule has 5 nitrogen and oxygen atoms in total. The number of fused-ring (bicyclic) bond motifs is 1. The Morgan fingerprint density at radius 1 is 1.27 bits per heavy atom. The lowest BCUT2D eigenvalue weighted by Crippen LogP contribution is -2.46. The first-order valence-corrected chi connectivity index (χ1v) is 8.67. The van der Waals surface area contributed by atoms with Crippen LogP contribution in [0.1, 0.15) is 27.4 Å². The molecular weight excluding hydrogens is 429 g/mol. The highest BCUT2D eigenvalue weighted by molar-refractivity contribution is 9.10. The molecule has 2 aromatic carbocycles. The summed E-state index contributed by atoms with van der Waals surface area (Å²) in [6.07, 6.45) is 0. The molecular formula is C18H12BrClFNO4. The van der Waals surface area contributed by atoms with Crippen LogP contribution in [0.2, 0.25) is 5.02 Å². The lowest BCUT2D eigenvalue weighted by Gasteiger charge is -2.31. The van der Waals surface area contributed by atoms with Crippen LogP contribution in [0.4, 0.5) is 4.39 Å². The number of carbonyl (C=O) groups is 3. The van der Waals surface area contributed by atoms with E-state index in [1.54, 1.807) is 6.07 Å². The largest absolute Gasteiger partial charge is 0.468 e. The Morgan fingerprint density at radius 3 is 2.65 bits per heavy atom. The molecule has 1 atom stereocenters. The molecule has 2 aromatic rings. The van der Waals surface area contributed by atoms with Crippen LogP contribution < -0.4 is 0 Å². The van der Waals surface area contributed by atoms with Crippen molar-refractivity contribution in [2.45, 2.75) is 12.5 Å². The summed E-state index contributed by atoms with van der Waals surface area (Å²) in [5.41, 5.74) is 0.490. The predicted molar refractivity (Wildman–Crippen MR) is 95.2 cm³/mol. The van der Waals surface area contributed by atoms with Gasteiger partial charge in [0.2, 0.25) is 5.91 Å². The molecule has 0 spiro atoms. The number of nitrogens with zero attached hydrogens (tertiary/aromatic N) is 1. The average Bonchev–Trinajstić information content (AvgIpc) is 2.59. The van der Waals surface area contributed by atoms with Gasteiger partial charge < -0.3 is 4.74 Å². The van der Waals surface area contributed by atoms with Crippen LogP contribution in [0.5, 0.6) is 0 Å². The highest BCUT2D eigenvalue weighted by Gasteiger charge is 2.43. The first-order valence-electron chi connectivity index (χ1n) is 7.50. The van der Waals surface area contributed by atoms with Crippen LogP contribution in [0.25, 0.3) is 0 Å². The summed E-state index contributed by atoms with van der Waals surface area (Å²) in [5, 5.41) is 0.283. The van der Waals surface area contributed by atoms with E-state index in [0.29, 0.717) is 4.47 Å². The van der Waals surface area contributed by atoms with Crippen LogP contribution in [0, 0.1) is 5.82 Å². The van der Waals surface area contributed by atoms with Gasteiger partial charge in [-0.2, -0.15) is 0 Å². The molecule has 3 rings (SSSR count). The second-order valence-corrected chi connectivity index (χ2v) is 7.01. The monoisotopic (exact) mass is 439 g/mol. The number of esters is 1. The Morgan fingerprint density at radius 2 is 2.00 bits per heavy atom. The number of ether oxygens (including phenoxy) is 1. The van der Waals surface area contributed by atoms with E-state index >= 15 is 0 Å². The Bertz CT molecular complexity index is 933. The Labute approximate surface area is 161 Å². The van der Waals surface area contributed by atoms with Crippen molar-refractivity contribution in [2.75, 3.05) is 7.11 Å². The second kappa shape index (κ2) is 7.17. The third-order valence-corrected chi connectivity index (χ3v) is 4.82. The normalized spacial score (nSPS) is 16.5. The van der Waals surface area contributed by atoms with Gasteiger partial charge in [0.1, 0.15) is 5.82 Å². The maximum absolute atomic E-state index is 14.1. The van der Waals surface area contributed by atoms with Gasteiger partial charge in [-0.05, 0) is 35.9 Å². The molecule has 0 radical (unpaired) electrons. The Kier molecular flexibility index (Phi) is 5.11. The van der Waals surface area contributed by atoms with Gasteiger partial charge >= 0.3 is 5.97 Å². The molecule has 26 heavy (non-hydrogen) atoms. The zero-order chi connectivity index (χ0) is 19.0. The number of imide groups is 1. The number of benzene rings is 2. The van der Waals surface area contributed by atoms with E-state index in [1.165, 1.54) is 30.3 Å². The number of hydrogen-bond donors (Lipinski definition) is 0. The molecule has 1 unspecified atom stereocenters. The van der Waals surface area contributed by atoms with Gasteiger partial charge in [-0.3, -0.25) is 19.3 Å². The van der Waals surface area contributed by atoms with Gasteiger partial charge in [0.05, 0.1) is 13.7 Å². The van der Waals surface area contributed by atoms with Crippen LogP contribution in [0.3, 0.4) is 0 Å². The Balaban J connectivity index is 2.07. The van der Waals surface area contributed by atoms with E-state index < -0.39 is 29.5 Å². The fraction of sp³-hybridized carbons (Fsp3) is 0.167. The SMILES string of the molecule is COC(=O)C1C(=O)N(Cc2ccc(Br)cc2F)C(=O)c2ccc(Cl)cc21. The van der Waals surface area contributed by atoms with E-state index in [-0.39, 0.29) is 28.3 Å². The molecule has 2 amide bonds. The zero-order valence-corrected chi connectivity index (χ0v) is 15.8. The van der Waals surface area contributed by atoms with E-state index in [4.69, 9.17) is 16.3 Å². The van der Waals surface area contributed by atoms with Gasteiger partial charge in [0.25, 0.3) is 5.91 Å². The standard InChI is InChI=1S/C18H12BrClFNO4/c1-26-18(25)15-13-7-11(20)4-5-12(13)16(23)22(17(15)24)8-9-2-3-10(19)6-14(9)21/h2-7,15H,8H2,1H3. The van der Waals surface area contributed by atoms with Gasteiger partial charge in [0, 0.05) is 20.6 Å². The van der Waals surface area contributed by atoms with Crippen molar-refractivity contribution in [1.82, 2.24) is 4.90 Å². The summed E-state index contributed by atoms with van der Waals surface area (Å²) in [5.74, 6) is -4.11. The van der Waals surface area contributed by atoms with Crippen molar-refractivity contribution in [3.05, 3.63) is 68.4 Å². The summed E-state index contributed by atoms with van der Waals surface area (Å²) in [7, 11) is 1.15. The molecule has 0 aromatic heterocycles. The molecule has 0 saturated heterocycles. The minimum atomic E-state index is -1.33. The highest BCUT2D eigenvalue weighted by atomic mass is 79.9. The van der Waals surface area contributed by atoms with Crippen molar-refractivity contribution in [2.24, 2.45) is 0 Å². The molecule has 0 aliphatic carbocycles. The van der Waals surface area contributed by atoms with E-state index in [2.05, 4.69) is 15.9 Å². The fourth-order valence-corrected chi connectivity index (χ4v) is 3.33. The number of hydrogen-bond acceptors (Lipinski definition) is 4. The Hall–Kier alpha value is -2.25. The van der Waals surface area contributed by atoms with E-state index in [0.717, 1.165) is 12.0 Å². The quantitative estimate of drug-likeness (QED) is 0.415. The summed E-state index contributed by atoms with van der Waals surface area (Å²) in [4.78, 5) is 38.6.